The first-order chi connectivity index (χ1) is 5.72. The maximum atomic E-state index is 2.28. The minimum absolute atomic E-state index is 0.589. The van der Waals surface area contributed by atoms with E-state index < -0.39 is 0 Å². The molecule has 0 bridgehead atoms. The van der Waals surface area contributed by atoms with Crippen molar-refractivity contribution in [2.45, 2.75) is 19.8 Å². The van der Waals surface area contributed by atoms with Gasteiger partial charge in [-0.1, -0.05) is 18.2 Å². The number of nitrogens with zero attached hydrogens (tertiary/aromatic N) is 1. The highest BCUT2D eigenvalue weighted by molar-refractivity contribution is 5.89. The normalized spacial score (nSPS) is 21.4. The van der Waals surface area contributed by atoms with Gasteiger partial charge in [0.1, 0.15) is 7.05 Å². The van der Waals surface area contributed by atoms with E-state index in [1.165, 1.54) is 17.0 Å². The van der Waals surface area contributed by atoms with Crippen molar-refractivity contribution in [3.8, 4) is 0 Å². The molecule has 0 amide bonds. The van der Waals surface area contributed by atoms with Crippen molar-refractivity contribution < 1.29 is 4.58 Å². The van der Waals surface area contributed by atoms with Gasteiger partial charge in [-0.15, -0.1) is 0 Å². The van der Waals surface area contributed by atoms with Gasteiger partial charge in [0.25, 0.3) is 0 Å². The third kappa shape index (κ3) is 0.826. The minimum atomic E-state index is 0.589. The Kier molecular flexibility index (Phi) is 1.53. The second-order valence-electron chi connectivity index (χ2n) is 3.48. The summed E-state index contributed by atoms with van der Waals surface area (Å²) in [4.78, 5) is 0. The fourth-order valence-corrected chi connectivity index (χ4v) is 1.86. The van der Waals surface area contributed by atoms with Crippen molar-refractivity contribution in [3.05, 3.63) is 29.8 Å². The Morgan fingerprint density at radius 3 is 2.58 bits per heavy atom. The summed E-state index contributed by atoms with van der Waals surface area (Å²) >= 11 is 0. The average molecular weight is 160 g/mol. The minimum Gasteiger partial charge on any atom is -0.202 e. The van der Waals surface area contributed by atoms with E-state index in [-0.39, 0.29) is 0 Å². The number of hydrogen-bond donors (Lipinski definition) is 0. The first-order valence-corrected chi connectivity index (χ1v) is 4.38. The molecular formula is C11H14N+. The van der Waals surface area contributed by atoms with Gasteiger partial charge in [0, 0.05) is 18.6 Å². The zero-order valence-corrected chi connectivity index (χ0v) is 7.83. The van der Waals surface area contributed by atoms with Crippen molar-refractivity contribution in [1.29, 1.82) is 0 Å². The van der Waals surface area contributed by atoms with Crippen LogP contribution in [0, 0.1) is 0 Å². The third-order valence-electron chi connectivity index (χ3n) is 2.92. The molecule has 2 rings (SSSR count). The molecule has 1 heterocycles. The van der Waals surface area contributed by atoms with Crippen LogP contribution in [0.25, 0.3) is 0 Å². The average Bonchev–Trinajstić information content (AvgIpc) is 2.33. The zero-order chi connectivity index (χ0) is 8.72. The van der Waals surface area contributed by atoms with Crippen molar-refractivity contribution in [1.82, 2.24) is 0 Å². The molecule has 0 saturated carbocycles. The van der Waals surface area contributed by atoms with Gasteiger partial charge in [-0.2, -0.15) is 0 Å². The van der Waals surface area contributed by atoms with Gasteiger partial charge in [-0.05, 0) is 6.92 Å². The van der Waals surface area contributed by atoms with E-state index in [0.29, 0.717) is 5.92 Å². The summed E-state index contributed by atoms with van der Waals surface area (Å²) in [6.07, 6.45) is 0. The SMILES string of the molecule is CC1=[N+](C)c2ccccc2C1C. The second-order valence-corrected chi connectivity index (χ2v) is 3.48. The Morgan fingerprint density at radius 2 is 1.92 bits per heavy atom. The Bertz CT molecular complexity index is 350. The Morgan fingerprint density at radius 1 is 1.25 bits per heavy atom. The summed E-state index contributed by atoms with van der Waals surface area (Å²) in [5, 5.41) is 0. The third-order valence-corrected chi connectivity index (χ3v) is 2.92. The van der Waals surface area contributed by atoms with Crippen LogP contribution in [-0.4, -0.2) is 17.3 Å². The lowest BCUT2D eigenvalue weighted by atomic mass is 9.99. The summed E-state index contributed by atoms with van der Waals surface area (Å²) in [5.74, 6) is 0.589. The summed E-state index contributed by atoms with van der Waals surface area (Å²) < 4.78 is 2.28. The molecule has 0 radical (unpaired) electrons. The molecule has 0 spiro atoms. The lowest BCUT2D eigenvalue weighted by Crippen LogP contribution is -2.06. The van der Waals surface area contributed by atoms with Crippen LogP contribution in [0.4, 0.5) is 5.69 Å². The Hall–Kier alpha value is -1.11. The van der Waals surface area contributed by atoms with Crippen LogP contribution in [0.1, 0.15) is 25.3 Å². The fraction of sp³-hybridized carbons (Fsp3) is 0.364. The number of rotatable bonds is 0. The number of fused-ring (bicyclic) bond motifs is 1. The highest BCUT2D eigenvalue weighted by atomic mass is 15.0. The molecule has 1 nitrogen and oxygen atoms in total. The van der Waals surface area contributed by atoms with E-state index in [9.17, 15) is 0 Å². The van der Waals surface area contributed by atoms with E-state index in [4.69, 9.17) is 0 Å². The smallest absolute Gasteiger partial charge is 0.202 e. The molecule has 12 heavy (non-hydrogen) atoms. The van der Waals surface area contributed by atoms with Gasteiger partial charge < -0.3 is 0 Å². The monoisotopic (exact) mass is 160 g/mol. The molecule has 1 heteroatoms. The summed E-state index contributed by atoms with van der Waals surface area (Å²) in [6, 6.07) is 8.61. The zero-order valence-electron chi connectivity index (χ0n) is 7.83. The van der Waals surface area contributed by atoms with Gasteiger partial charge in [0.05, 0.1) is 5.92 Å². The van der Waals surface area contributed by atoms with E-state index in [0.717, 1.165) is 0 Å². The van der Waals surface area contributed by atoms with E-state index >= 15 is 0 Å². The molecule has 0 aliphatic carbocycles. The highest BCUT2D eigenvalue weighted by Gasteiger charge is 2.29. The van der Waals surface area contributed by atoms with E-state index in [1.807, 2.05) is 0 Å². The summed E-state index contributed by atoms with van der Waals surface area (Å²) in [7, 11) is 2.14. The first-order valence-electron chi connectivity index (χ1n) is 4.38. The van der Waals surface area contributed by atoms with Gasteiger partial charge in [-0.3, -0.25) is 0 Å². The molecule has 0 saturated heterocycles. The maximum Gasteiger partial charge on any atom is 0.208 e. The quantitative estimate of drug-likeness (QED) is 0.513. The standard InChI is InChI=1S/C11H14N/c1-8-9(2)12(3)11-7-5-4-6-10(8)11/h4-8H,1-3H3/q+1. The molecule has 1 aliphatic heterocycles. The second kappa shape index (κ2) is 2.44. The molecule has 1 aromatic rings. The molecule has 1 unspecified atom stereocenters. The molecule has 1 atom stereocenters. The Balaban J connectivity index is 2.65. The molecule has 0 aromatic heterocycles. The first kappa shape index (κ1) is 7.53. The topological polar surface area (TPSA) is 3.01 Å². The van der Waals surface area contributed by atoms with Crippen LogP contribution < -0.4 is 0 Å². The van der Waals surface area contributed by atoms with Crippen LogP contribution in [0.15, 0.2) is 24.3 Å². The van der Waals surface area contributed by atoms with Gasteiger partial charge >= 0.3 is 0 Å². The lowest BCUT2D eigenvalue weighted by molar-refractivity contribution is -0.402. The maximum absolute atomic E-state index is 2.28. The van der Waals surface area contributed by atoms with E-state index in [1.54, 1.807) is 0 Å². The lowest BCUT2D eigenvalue weighted by Gasteiger charge is -1.97. The van der Waals surface area contributed by atoms with Crippen LogP contribution in [0.3, 0.4) is 0 Å². The molecule has 1 aliphatic rings. The Labute approximate surface area is 73.4 Å². The number of benzene rings is 1. The molecule has 0 fully saturated rings. The van der Waals surface area contributed by atoms with Crippen molar-refractivity contribution in [2.75, 3.05) is 7.05 Å². The van der Waals surface area contributed by atoms with Gasteiger partial charge in [0.15, 0.2) is 5.71 Å². The van der Waals surface area contributed by atoms with Crippen LogP contribution in [-0.2, 0) is 0 Å². The highest BCUT2D eigenvalue weighted by Crippen LogP contribution is 2.32. The molecule has 62 valence electrons. The van der Waals surface area contributed by atoms with E-state index in [2.05, 4.69) is 49.7 Å². The predicted molar refractivity (Wildman–Crippen MR) is 51.4 cm³/mol. The van der Waals surface area contributed by atoms with Gasteiger partial charge in [-0.25, -0.2) is 4.58 Å². The number of hydrogen-bond acceptors (Lipinski definition) is 0. The summed E-state index contributed by atoms with van der Waals surface area (Å²) in [5.41, 5.74) is 4.26. The predicted octanol–water partition coefficient (Wildman–Crippen LogP) is 2.54. The van der Waals surface area contributed by atoms with Crippen LogP contribution in [0.5, 0.6) is 0 Å². The van der Waals surface area contributed by atoms with Crippen molar-refractivity contribution in [2.24, 2.45) is 0 Å². The van der Waals surface area contributed by atoms with Crippen LogP contribution in [0.2, 0.25) is 0 Å². The molecular weight excluding hydrogens is 146 g/mol. The molecule has 1 aromatic carbocycles. The van der Waals surface area contributed by atoms with Crippen LogP contribution >= 0.6 is 0 Å². The van der Waals surface area contributed by atoms with Crippen molar-refractivity contribution in [3.63, 3.8) is 0 Å². The number of para-hydroxylation sites is 1. The van der Waals surface area contributed by atoms with Crippen molar-refractivity contribution >= 4 is 11.4 Å². The summed E-state index contributed by atoms with van der Waals surface area (Å²) in [6.45, 7) is 4.46. The molecule has 0 N–H and O–H groups in total. The largest absolute Gasteiger partial charge is 0.208 e. The fourth-order valence-electron chi connectivity index (χ4n) is 1.86. The van der Waals surface area contributed by atoms with Gasteiger partial charge in [0.2, 0.25) is 5.69 Å².